The summed E-state index contributed by atoms with van der Waals surface area (Å²) in [7, 11) is 1.68. The van der Waals surface area contributed by atoms with Gasteiger partial charge in [0.25, 0.3) is 0 Å². The van der Waals surface area contributed by atoms with Crippen molar-refractivity contribution in [3.05, 3.63) is 103 Å². The topological polar surface area (TPSA) is 57.8 Å². The molecule has 0 atom stereocenters. The molecule has 0 spiro atoms. The Morgan fingerprint density at radius 3 is 2.26 bits per heavy atom. The molecule has 0 saturated carbocycles. The first-order valence-electron chi connectivity index (χ1n) is 11.2. The maximum Gasteiger partial charge on any atom is 0.143 e. The zero-order valence-electron chi connectivity index (χ0n) is 19.0. The van der Waals surface area contributed by atoms with Crippen LogP contribution in [0.2, 0.25) is 0 Å². The first-order valence-corrected chi connectivity index (χ1v) is 11.2. The van der Waals surface area contributed by atoms with E-state index in [0.717, 1.165) is 28.4 Å². The van der Waals surface area contributed by atoms with Gasteiger partial charge in [-0.2, -0.15) is 0 Å². The molecule has 166 valence electrons. The van der Waals surface area contributed by atoms with Crippen molar-refractivity contribution < 1.29 is 4.74 Å². The Bertz CT molecular complexity index is 1590. The van der Waals surface area contributed by atoms with Gasteiger partial charge in [-0.3, -0.25) is 0 Å². The van der Waals surface area contributed by atoms with Crippen LogP contribution in [0.4, 0.5) is 0 Å². The van der Waals surface area contributed by atoms with Crippen LogP contribution >= 0.6 is 0 Å². The normalized spacial score (nSPS) is 11.4. The Morgan fingerprint density at radius 2 is 1.59 bits per heavy atom. The molecule has 6 nitrogen and oxygen atoms in total. The minimum absolute atomic E-state index is 0.637. The summed E-state index contributed by atoms with van der Waals surface area (Å²) in [5, 5.41) is 13.8. The third kappa shape index (κ3) is 3.49. The van der Waals surface area contributed by atoms with E-state index in [1.807, 2.05) is 46.8 Å². The Kier molecular flexibility index (Phi) is 4.84. The summed E-state index contributed by atoms with van der Waals surface area (Å²) in [6.45, 7) is 2.60. The maximum atomic E-state index is 5.67. The molecule has 0 N–H and O–H groups in total. The van der Waals surface area contributed by atoms with Gasteiger partial charge in [-0.25, -0.2) is 9.67 Å². The molecule has 0 radical (unpaired) electrons. The molecule has 0 fully saturated rings. The summed E-state index contributed by atoms with van der Waals surface area (Å²) in [6, 6.07) is 25.3. The lowest BCUT2D eigenvalue weighted by Gasteiger charge is -2.11. The largest absolute Gasteiger partial charge is 0.495 e. The Morgan fingerprint density at radius 1 is 0.853 bits per heavy atom. The zero-order valence-corrected chi connectivity index (χ0v) is 19.0. The molecule has 0 saturated heterocycles. The fourth-order valence-electron chi connectivity index (χ4n) is 4.55. The second kappa shape index (κ2) is 8.15. The summed E-state index contributed by atoms with van der Waals surface area (Å²) in [5.74, 6) is 0.754. The average molecular weight is 446 g/mol. The third-order valence-corrected chi connectivity index (χ3v) is 6.21. The van der Waals surface area contributed by atoms with Crippen molar-refractivity contribution in [2.24, 2.45) is 0 Å². The number of hydrogen-bond acceptors (Lipinski definition) is 4. The molecule has 0 amide bonds. The number of aromatic nitrogens is 5. The highest BCUT2D eigenvalue weighted by Crippen LogP contribution is 2.31. The van der Waals surface area contributed by atoms with Gasteiger partial charge in [0.05, 0.1) is 37.6 Å². The molecule has 6 heteroatoms. The highest BCUT2D eigenvalue weighted by molar-refractivity contribution is 6.02. The first kappa shape index (κ1) is 20.2. The van der Waals surface area contributed by atoms with E-state index in [1.165, 1.54) is 27.1 Å². The summed E-state index contributed by atoms with van der Waals surface area (Å²) in [4.78, 5) is 4.32. The van der Waals surface area contributed by atoms with E-state index in [2.05, 4.69) is 69.9 Å². The van der Waals surface area contributed by atoms with Crippen LogP contribution < -0.4 is 4.74 Å². The number of hydrogen-bond donors (Lipinski definition) is 0. The lowest BCUT2D eigenvalue weighted by molar-refractivity contribution is 0.413. The fourth-order valence-corrected chi connectivity index (χ4v) is 4.55. The number of benzene rings is 4. The van der Waals surface area contributed by atoms with Crippen molar-refractivity contribution in [1.29, 1.82) is 0 Å². The van der Waals surface area contributed by atoms with Gasteiger partial charge in [-0.1, -0.05) is 59.8 Å². The zero-order chi connectivity index (χ0) is 23.1. The summed E-state index contributed by atoms with van der Waals surface area (Å²) >= 11 is 0. The van der Waals surface area contributed by atoms with Crippen molar-refractivity contribution in [2.75, 3.05) is 7.11 Å². The quantitative estimate of drug-likeness (QED) is 0.315. The number of ether oxygens (including phenoxy) is 1. The second-order valence-electron chi connectivity index (χ2n) is 8.41. The molecule has 6 aromatic rings. The fraction of sp³-hybridized carbons (Fsp3) is 0.107. The van der Waals surface area contributed by atoms with Crippen LogP contribution in [0.25, 0.3) is 38.5 Å². The minimum atomic E-state index is 0.637. The predicted molar refractivity (Wildman–Crippen MR) is 134 cm³/mol. The van der Waals surface area contributed by atoms with Crippen molar-refractivity contribution in [1.82, 2.24) is 24.5 Å². The van der Waals surface area contributed by atoms with E-state index in [-0.39, 0.29) is 0 Å². The summed E-state index contributed by atoms with van der Waals surface area (Å²) in [6.07, 6.45) is 5.76. The van der Waals surface area contributed by atoms with Crippen molar-refractivity contribution >= 4 is 21.5 Å². The molecular formula is C28H23N5O. The van der Waals surface area contributed by atoms with Gasteiger partial charge in [0.2, 0.25) is 0 Å². The molecule has 2 aromatic heterocycles. The highest BCUT2D eigenvalue weighted by Gasteiger charge is 2.13. The van der Waals surface area contributed by atoms with Crippen LogP contribution in [0, 0.1) is 6.92 Å². The number of rotatable bonds is 5. The molecule has 0 unspecified atom stereocenters. The summed E-state index contributed by atoms with van der Waals surface area (Å²) < 4.78 is 9.53. The Hall–Kier alpha value is -4.45. The van der Waals surface area contributed by atoms with E-state index < -0.39 is 0 Å². The predicted octanol–water partition coefficient (Wildman–Crippen LogP) is 5.80. The minimum Gasteiger partial charge on any atom is -0.495 e. The highest BCUT2D eigenvalue weighted by atomic mass is 16.5. The average Bonchev–Trinajstić information content (AvgIpc) is 3.52. The lowest BCUT2D eigenvalue weighted by atomic mass is 9.97. The van der Waals surface area contributed by atoms with Gasteiger partial charge in [0.15, 0.2) is 0 Å². The maximum absolute atomic E-state index is 5.67. The van der Waals surface area contributed by atoms with Crippen LogP contribution in [0.1, 0.15) is 11.3 Å². The molecule has 6 rings (SSSR count). The second-order valence-corrected chi connectivity index (χ2v) is 8.41. The molecule has 2 heterocycles. The Balaban J connectivity index is 1.38. The smallest absolute Gasteiger partial charge is 0.143 e. The van der Waals surface area contributed by atoms with Gasteiger partial charge in [-0.15, -0.1) is 5.10 Å². The lowest BCUT2D eigenvalue weighted by Crippen LogP contribution is -2.02. The molecule has 0 aliphatic carbocycles. The van der Waals surface area contributed by atoms with E-state index in [4.69, 9.17) is 4.74 Å². The third-order valence-electron chi connectivity index (χ3n) is 6.21. The van der Waals surface area contributed by atoms with Gasteiger partial charge in [0.1, 0.15) is 11.4 Å². The van der Waals surface area contributed by atoms with Crippen LogP contribution in [0.3, 0.4) is 0 Å². The first-order chi connectivity index (χ1) is 16.7. The monoisotopic (exact) mass is 445 g/mol. The van der Waals surface area contributed by atoms with E-state index in [0.29, 0.717) is 6.54 Å². The van der Waals surface area contributed by atoms with Crippen LogP contribution in [0.15, 0.2) is 91.5 Å². The van der Waals surface area contributed by atoms with Gasteiger partial charge >= 0.3 is 0 Å². The molecular weight excluding hydrogens is 422 g/mol. The van der Waals surface area contributed by atoms with Crippen LogP contribution in [0.5, 0.6) is 5.75 Å². The number of methoxy groups -OCH3 is 1. The molecule has 34 heavy (non-hydrogen) atoms. The summed E-state index contributed by atoms with van der Waals surface area (Å²) in [5.41, 5.74) is 4.88. The molecule has 4 aromatic carbocycles. The SMILES string of the molecule is COc1cc(-c2cn(Cc3c4ccccc4cc4ccccc34)nn2)ccc1-n1cnc(C)c1. The Labute approximate surface area is 197 Å². The van der Waals surface area contributed by atoms with Crippen molar-refractivity contribution in [2.45, 2.75) is 13.5 Å². The van der Waals surface area contributed by atoms with E-state index in [1.54, 1.807) is 13.4 Å². The van der Waals surface area contributed by atoms with Crippen LogP contribution in [-0.2, 0) is 6.54 Å². The number of imidazole rings is 1. The van der Waals surface area contributed by atoms with Crippen LogP contribution in [-0.4, -0.2) is 31.7 Å². The van der Waals surface area contributed by atoms with E-state index >= 15 is 0 Å². The number of fused-ring (bicyclic) bond motifs is 2. The van der Waals surface area contributed by atoms with Gasteiger partial charge < -0.3 is 9.30 Å². The molecule has 0 bridgehead atoms. The molecule has 0 aliphatic rings. The van der Waals surface area contributed by atoms with Gasteiger partial charge in [-0.05, 0) is 52.2 Å². The standard InChI is InChI=1S/C28H23N5O/c1-19-15-32(18-29-19)27-12-11-22(14-28(27)34-2)26-17-33(31-30-26)16-25-23-9-5-3-7-20(23)13-21-8-4-6-10-24(21)25/h3-15,17-18H,16H2,1-2H3. The van der Waals surface area contributed by atoms with Gasteiger partial charge in [0, 0.05) is 11.8 Å². The number of nitrogens with zero attached hydrogens (tertiary/aromatic N) is 5. The molecule has 0 aliphatic heterocycles. The van der Waals surface area contributed by atoms with Crippen molar-refractivity contribution in [3.63, 3.8) is 0 Å². The van der Waals surface area contributed by atoms with E-state index in [9.17, 15) is 0 Å². The number of aryl methyl sites for hydroxylation is 1. The van der Waals surface area contributed by atoms with Crippen molar-refractivity contribution in [3.8, 4) is 22.7 Å².